The monoisotopic (exact) mass is 609 g/mol. The molecule has 42 heavy (non-hydrogen) atoms. The molecule has 2 fully saturated rings. The lowest BCUT2D eigenvalue weighted by atomic mass is 9.65. The Hall–Kier alpha value is -3.75. The molecule has 232 valence electrons. The van der Waals surface area contributed by atoms with Crippen LogP contribution in [0.1, 0.15) is 36.8 Å². The van der Waals surface area contributed by atoms with Gasteiger partial charge in [-0.05, 0) is 75.2 Å². The molecule has 0 aromatic heterocycles. The van der Waals surface area contributed by atoms with Crippen LogP contribution < -0.4 is 20.1 Å². The first-order valence-corrected chi connectivity index (χ1v) is 12.7. The number of hydrogen-bond acceptors (Lipinski definition) is 5. The van der Waals surface area contributed by atoms with Crippen molar-refractivity contribution in [2.24, 2.45) is 0 Å². The molecule has 2 aromatic rings. The van der Waals surface area contributed by atoms with Crippen LogP contribution in [-0.2, 0) is 16.4 Å². The summed E-state index contributed by atoms with van der Waals surface area (Å²) in [7, 11) is 5.28. The van der Waals surface area contributed by atoms with E-state index in [9.17, 15) is 35.5 Å². The van der Waals surface area contributed by atoms with Crippen LogP contribution in [0.15, 0.2) is 36.4 Å². The molecule has 0 spiro atoms. The van der Waals surface area contributed by atoms with Gasteiger partial charge < -0.3 is 30.1 Å². The van der Waals surface area contributed by atoms with Gasteiger partial charge in [0.1, 0.15) is 5.82 Å². The van der Waals surface area contributed by atoms with Crippen LogP contribution in [0, 0.1) is 5.82 Å². The van der Waals surface area contributed by atoms with E-state index in [4.69, 9.17) is 19.4 Å². The maximum Gasteiger partial charge on any atom is 0.490 e. The SMILES string of the molecule is COc1ccc([C@@]23CC[C@@H](NC(=O)Nc4ccc(C(F)(F)F)c(F)c4)C[C@@H]2N(C)CC3)cc1OC.O=C(O)C(F)(F)F. The van der Waals surface area contributed by atoms with Crippen LogP contribution in [0.25, 0.3) is 0 Å². The summed E-state index contributed by atoms with van der Waals surface area (Å²) < 4.78 is 94.8. The minimum Gasteiger partial charge on any atom is -0.493 e. The van der Waals surface area contributed by atoms with E-state index in [1.165, 1.54) is 5.56 Å². The maximum atomic E-state index is 13.8. The van der Waals surface area contributed by atoms with E-state index in [0.29, 0.717) is 30.1 Å². The van der Waals surface area contributed by atoms with Crippen molar-refractivity contribution in [3.05, 3.63) is 53.3 Å². The van der Waals surface area contributed by atoms with Crippen molar-refractivity contribution in [1.29, 1.82) is 0 Å². The smallest absolute Gasteiger partial charge is 0.490 e. The number of fused-ring (bicyclic) bond motifs is 1. The molecule has 15 heteroatoms. The molecular formula is C27H30F7N3O5. The van der Waals surface area contributed by atoms with Crippen molar-refractivity contribution in [2.45, 2.75) is 55.5 Å². The van der Waals surface area contributed by atoms with Gasteiger partial charge in [-0.2, -0.15) is 26.3 Å². The summed E-state index contributed by atoms with van der Waals surface area (Å²) in [5.41, 5.74) is -0.319. The standard InChI is InChI=1S/C25H29F4N3O3.C2HF3O2/c1-32-11-10-24(15-4-7-20(34-2)21(12-15)35-3)9-8-17(14-22(24)32)31-23(33)30-16-5-6-18(19(26)13-16)25(27,28)29;3-2(4,5)1(6)7/h4-7,12-13,17,22H,8-11,14H2,1-3H3,(H2,30,31,33);(H,6,7)/t17-,22+,24+;/m1./s1. The third kappa shape index (κ3) is 7.36. The second-order valence-electron chi connectivity index (χ2n) is 10.0. The summed E-state index contributed by atoms with van der Waals surface area (Å²) >= 11 is 0. The molecule has 0 radical (unpaired) electrons. The highest BCUT2D eigenvalue weighted by molar-refractivity contribution is 5.89. The van der Waals surface area contributed by atoms with Gasteiger partial charge in [-0.15, -0.1) is 0 Å². The Morgan fingerprint density at radius 3 is 2.19 bits per heavy atom. The number of nitrogens with zero attached hydrogens (tertiary/aromatic N) is 1. The number of rotatable bonds is 5. The van der Waals surface area contributed by atoms with Crippen LogP contribution in [0.2, 0.25) is 0 Å². The van der Waals surface area contributed by atoms with Gasteiger partial charge in [0.2, 0.25) is 0 Å². The van der Waals surface area contributed by atoms with Crippen LogP contribution in [0.4, 0.5) is 41.2 Å². The zero-order valence-electron chi connectivity index (χ0n) is 22.8. The van der Waals surface area contributed by atoms with Gasteiger partial charge in [-0.1, -0.05) is 6.07 Å². The summed E-state index contributed by atoms with van der Waals surface area (Å²) in [4.78, 5) is 23.7. The Morgan fingerprint density at radius 1 is 1.00 bits per heavy atom. The molecule has 3 N–H and O–H groups in total. The average Bonchev–Trinajstić information content (AvgIpc) is 3.24. The Bertz CT molecular complexity index is 1290. The minimum atomic E-state index is -5.08. The largest absolute Gasteiger partial charge is 0.493 e. The highest BCUT2D eigenvalue weighted by atomic mass is 19.4. The molecule has 4 rings (SSSR count). The fraction of sp³-hybridized carbons (Fsp3) is 0.481. The van der Waals surface area contributed by atoms with Gasteiger partial charge in [-0.25, -0.2) is 14.0 Å². The normalized spacial score (nSPS) is 22.3. The maximum absolute atomic E-state index is 13.8. The Labute approximate surface area is 236 Å². The second-order valence-corrected chi connectivity index (χ2v) is 10.0. The van der Waals surface area contributed by atoms with Gasteiger partial charge in [0.25, 0.3) is 0 Å². The molecule has 8 nitrogen and oxygen atoms in total. The molecule has 1 aliphatic heterocycles. The number of urea groups is 1. The number of likely N-dealkylation sites (tertiary alicyclic amines) is 1. The van der Waals surface area contributed by atoms with E-state index in [-0.39, 0.29) is 23.2 Å². The zero-order chi connectivity index (χ0) is 31.5. The lowest BCUT2D eigenvalue weighted by molar-refractivity contribution is -0.192. The number of carboxylic acids is 1. The number of likely N-dealkylation sites (N-methyl/N-ethyl adjacent to an activating group) is 1. The fourth-order valence-corrected chi connectivity index (χ4v) is 5.57. The van der Waals surface area contributed by atoms with Crippen molar-refractivity contribution in [3.8, 4) is 11.5 Å². The quantitative estimate of drug-likeness (QED) is 0.370. The third-order valence-electron chi connectivity index (χ3n) is 7.60. The predicted octanol–water partition coefficient (Wildman–Crippen LogP) is 5.81. The first-order valence-electron chi connectivity index (χ1n) is 12.7. The summed E-state index contributed by atoms with van der Waals surface area (Å²) in [6.45, 7) is 0.919. The number of ether oxygens (including phenoxy) is 2. The number of methoxy groups -OCH3 is 2. The lowest BCUT2D eigenvalue weighted by Gasteiger charge is -2.45. The topological polar surface area (TPSA) is 100 Å². The lowest BCUT2D eigenvalue weighted by Crippen LogP contribution is -2.52. The van der Waals surface area contributed by atoms with E-state index < -0.39 is 35.7 Å². The van der Waals surface area contributed by atoms with E-state index >= 15 is 0 Å². The number of aliphatic carboxylic acids is 1. The number of hydrogen-bond donors (Lipinski definition) is 3. The molecule has 2 amide bonds. The molecular weight excluding hydrogens is 579 g/mol. The Morgan fingerprint density at radius 2 is 1.64 bits per heavy atom. The van der Waals surface area contributed by atoms with Gasteiger partial charge in [-0.3, -0.25) is 0 Å². The van der Waals surface area contributed by atoms with Crippen molar-refractivity contribution in [3.63, 3.8) is 0 Å². The molecule has 1 saturated carbocycles. The Balaban J connectivity index is 0.000000616. The van der Waals surface area contributed by atoms with Crippen LogP contribution in [0.3, 0.4) is 0 Å². The summed E-state index contributed by atoms with van der Waals surface area (Å²) in [5.74, 6) is -2.84. The molecule has 1 aliphatic carbocycles. The van der Waals surface area contributed by atoms with E-state index in [1.54, 1.807) is 14.2 Å². The Kier molecular flexibility index (Phi) is 9.85. The number of anilines is 1. The summed E-state index contributed by atoms with van der Waals surface area (Å²) in [6, 6.07) is 7.84. The number of benzene rings is 2. The van der Waals surface area contributed by atoms with Gasteiger partial charge in [0.05, 0.1) is 19.8 Å². The van der Waals surface area contributed by atoms with Gasteiger partial charge in [0.15, 0.2) is 11.5 Å². The van der Waals surface area contributed by atoms with E-state index in [0.717, 1.165) is 31.9 Å². The molecule has 2 aromatic carbocycles. The average molecular weight is 610 g/mol. The van der Waals surface area contributed by atoms with Gasteiger partial charge >= 0.3 is 24.4 Å². The number of nitrogens with one attached hydrogen (secondary N) is 2. The second kappa shape index (κ2) is 12.6. The van der Waals surface area contributed by atoms with Crippen LogP contribution in [0.5, 0.6) is 11.5 Å². The number of halogens is 7. The fourth-order valence-electron chi connectivity index (χ4n) is 5.57. The first kappa shape index (κ1) is 32.8. The van der Waals surface area contributed by atoms with E-state index in [2.05, 4.69) is 28.6 Å². The zero-order valence-corrected chi connectivity index (χ0v) is 22.8. The molecule has 3 atom stereocenters. The number of carboxylic acid groups (broad SMARTS) is 1. The first-order chi connectivity index (χ1) is 19.5. The van der Waals surface area contributed by atoms with Crippen molar-refractivity contribution in [1.82, 2.24) is 10.2 Å². The van der Waals surface area contributed by atoms with Crippen molar-refractivity contribution in [2.75, 3.05) is 33.1 Å². The highest BCUT2D eigenvalue weighted by Crippen LogP contribution is 2.50. The summed E-state index contributed by atoms with van der Waals surface area (Å²) in [5, 5.41) is 12.5. The van der Waals surface area contributed by atoms with Crippen LogP contribution in [-0.4, -0.2) is 68.1 Å². The van der Waals surface area contributed by atoms with Crippen molar-refractivity contribution < 1.29 is 54.9 Å². The molecule has 1 saturated heterocycles. The molecule has 0 bridgehead atoms. The van der Waals surface area contributed by atoms with Crippen molar-refractivity contribution >= 4 is 17.7 Å². The number of carbonyl (C=O) groups is 2. The molecule has 1 heterocycles. The number of carbonyl (C=O) groups excluding carboxylic acids is 1. The minimum absolute atomic E-state index is 0.0403. The van der Waals surface area contributed by atoms with Crippen LogP contribution >= 0.6 is 0 Å². The van der Waals surface area contributed by atoms with Gasteiger partial charge in [0, 0.05) is 23.2 Å². The predicted molar refractivity (Wildman–Crippen MR) is 137 cm³/mol. The number of alkyl halides is 6. The summed E-state index contributed by atoms with van der Waals surface area (Å²) in [6.07, 6.45) is -6.61. The number of amides is 2. The third-order valence-corrected chi connectivity index (χ3v) is 7.60. The highest BCUT2D eigenvalue weighted by Gasteiger charge is 2.50. The molecule has 0 unspecified atom stereocenters. The van der Waals surface area contributed by atoms with E-state index in [1.807, 2.05) is 12.1 Å². The molecule has 2 aliphatic rings.